The lowest BCUT2D eigenvalue weighted by Crippen LogP contribution is -2.67. The molecule has 2 rings (SSSR count). The van der Waals surface area contributed by atoms with Crippen molar-refractivity contribution in [1.82, 2.24) is 5.32 Å². The quantitative estimate of drug-likeness (QED) is 0.218. The van der Waals surface area contributed by atoms with Gasteiger partial charge in [0, 0.05) is 6.92 Å². The van der Waals surface area contributed by atoms with Gasteiger partial charge in [0.2, 0.25) is 5.91 Å². The van der Waals surface area contributed by atoms with E-state index in [4.69, 9.17) is 14.6 Å². The second-order valence-electron chi connectivity index (χ2n) is 6.30. The van der Waals surface area contributed by atoms with Gasteiger partial charge in [-0.05, 0) is 0 Å². The molecule has 10 atom stereocenters. The Morgan fingerprint density at radius 1 is 1.00 bits per heavy atom. The Bertz CT molecular complexity index is 546. The Morgan fingerprint density at radius 2 is 1.63 bits per heavy atom. The average molecular weight is 397 g/mol. The van der Waals surface area contributed by atoms with Gasteiger partial charge >= 0.3 is 5.97 Å². The minimum absolute atomic E-state index is 0.637. The molecule has 2 aliphatic rings. The number of amides is 1. The van der Waals surface area contributed by atoms with Gasteiger partial charge in [0.15, 0.2) is 18.7 Å². The first-order chi connectivity index (χ1) is 12.6. The second-order valence-corrected chi connectivity index (χ2v) is 6.30. The summed E-state index contributed by atoms with van der Waals surface area (Å²) in [6, 6.07) is -1.39. The van der Waals surface area contributed by atoms with Crippen molar-refractivity contribution in [2.45, 2.75) is 68.3 Å². The lowest BCUT2D eigenvalue weighted by atomic mass is 9.95. The molecule has 0 unspecified atom stereocenters. The number of ether oxygens (including phenoxy) is 3. The van der Waals surface area contributed by atoms with Crippen LogP contribution in [0.1, 0.15) is 6.92 Å². The molecule has 0 aromatic heterocycles. The van der Waals surface area contributed by atoms with Crippen molar-refractivity contribution in [1.29, 1.82) is 0 Å². The van der Waals surface area contributed by atoms with Crippen LogP contribution in [0.4, 0.5) is 0 Å². The Hall–Kier alpha value is -1.42. The molecule has 1 amide bonds. The van der Waals surface area contributed by atoms with E-state index in [9.17, 15) is 40.2 Å². The zero-order valence-corrected chi connectivity index (χ0v) is 14.2. The molecule has 2 saturated heterocycles. The number of aliphatic hydroxyl groups excluding tert-OH is 6. The molecule has 0 aliphatic carbocycles. The van der Waals surface area contributed by atoms with Crippen LogP contribution in [0, 0.1) is 0 Å². The van der Waals surface area contributed by atoms with Crippen LogP contribution in [0.3, 0.4) is 0 Å². The minimum Gasteiger partial charge on any atom is -0.479 e. The van der Waals surface area contributed by atoms with Gasteiger partial charge in [-0.25, -0.2) is 4.79 Å². The van der Waals surface area contributed by atoms with E-state index < -0.39 is 79.8 Å². The molecule has 8 N–H and O–H groups in total. The maximum absolute atomic E-state index is 11.4. The van der Waals surface area contributed by atoms with Crippen LogP contribution in [0.5, 0.6) is 0 Å². The zero-order valence-electron chi connectivity index (χ0n) is 14.2. The van der Waals surface area contributed by atoms with E-state index in [-0.39, 0.29) is 0 Å². The Balaban J connectivity index is 2.26. The van der Waals surface area contributed by atoms with Crippen molar-refractivity contribution in [3.63, 3.8) is 0 Å². The first-order valence-corrected chi connectivity index (χ1v) is 8.06. The van der Waals surface area contributed by atoms with Crippen LogP contribution in [0.15, 0.2) is 0 Å². The van der Waals surface area contributed by atoms with Crippen LogP contribution in [-0.2, 0) is 23.8 Å². The highest BCUT2D eigenvalue weighted by Crippen LogP contribution is 2.28. The number of carboxylic acids is 1. The molecule has 0 aromatic carbocycles. The second kappa shape index (κ2) is 8.72. The fraction of sp³-hybridized carbons (Fsp3) is 0.857. The van der Waals surface area contributed by atoms with Crippen molar-refractivity contribution < 1.29 is 59.5 Å². The fourth-order valence-corrected chi connectivity index (χ4v) is 2.95. The smallest absolute Gasteiger partial charge is 0.335 e. The van der Waals surface area contributed by atoms with Crippen molar-refractivity contribution in [3.05, 3.63) is 0 Å². The van der Waals surface area contributed by atoms with E-state index in [1.165, 1.54) is 0 Å². The van der Waals surface area contributed by atoms with Gasteiger partial charge in [0.25, 0.3) is 0 Å². The molecule has 13 nitrogen and oxygen atoms in total. The maximum Gasteiger partial charge on any atom is 0.335 e. The summed E-state index contributed by atoms with van der Waals surface area (Å²) in [6.45, 7) is 0.376. The number of hydrogen-bond acceptors (Lipinski definition) is 11. The van der Waals surface area contributed by atoms with Crippen molar-refractivity contribution >= 4 is 11.9 Å². The normalized spacial score (nSPS) is 45.3. The summed E-state index contributed by atoms with van der Waals surface area (Å²) >= 11 is 0. The predicted molar refractivity (Wildman–Crippen MR) is 80.8 cm³/mol. The summed E-state index contributed by atoms with van der Waals surface area (Å²) in [5.41, 5.74) is 0. The summed E-state index contributed by atoms with van der Waals surface area (Å²) in [6.07, 6.45) is -15.7. The molecule has 0 spiro atoms. The first kappa shape index (κ1) is 21.9. The van der Waals surface area contributed by atoms with Gasteiger partial charge in [-0.3, -0.25) is 4.79 Å². The van der Waals surface area contributed by atoms with Crippen molar-refractivity contribution in [2.24, 2.45) is 0 Å². The van der Waals surface area contributed by atoms with Gasteiger partial charge in [-0.15, -0.1) is 0 Å². The van der Waals surface area contributed by atoms with Crippen LogP contribution < -0.4 is 5.32 Å². The molecule has 0 saturated carbocycles. The Kier molecular flexibility index (Phi) is 7.07. The fourth-order valence-electron chi connectivity index (χ4n) is 2.95. The Morgan fingerprint density at radius 3 is 2.15 bits per heavy atom. The molecular formula is C14H23NO12. The van der Waals surface area contributed by atoms with Crippen LogP contribution in [0.25, 0.3) is 0 Å². The summed E-state index contributed by atoms with van der Waals surface area (Å²) < 4.78 is 15.2. The van der Waals surface area contributed by atoms with E-state index >= 15 is 0 Å². The first-order valence-electron chi connectivity index (χ1n) is 8.06. The maximum atomic E-state index is 11.4. The molecular weight excluding hydrogens is 374 g/mol. The number of carbonyl (C=O) groups excluding carboxylic acids is 1. The predicted octanol–water partition coefficient (Wildman–Crippen LogP) is -5.16. The molecule has 13 heteroatoms. The summed E-state index contributed by atoms with van der Waals surface area (Å²) in [5.74, 6) is -2.27. The number of nitrogens with one attached hydrogen (secondary N) is 1. The number of aliphatic hydroxyl groups is 6. The zero-order chi connectivity index (χ0) is 20.5. The van der Waals surface area contributed by atoms with Gasteiger partial charge in [0.1, 0.15) is 42.7 Å². The molecule has 0 aromatic rings. The monoisotopic (exact) mass is 397 g/mol. The van der Waals surface area contributed by atoms with Crippen molar-refractivity contribution in [3.8, 4) is 0 Å². The summed E-state index contributed by atoms with van der Waals surface area (Å²) in [4.78, 5) is 22.5. The van der Waals surface area contributed by atoms with Gasteiger partial charge in [-0.1, -0.05) is 0 Å². The minimum atomic E-state index is -2.01. The third-order valence-electron chi connectivity index (χ3n) is 4.35. The van der Waals surface area contributed by atoms with E-state index in [2.05, 4.69) is 10.1 Å². The van der Waals surface area contributed by atoms with Gasteiger partial charge in [-0.2, -0.15) is 0 Å². The molecule has 2 heterocycles. The lowest BCUT2D eigenvalue weighted by Gasteiger charge is -2.46. The molecule has 27 heavy (non-hydrogen) atoms. The lowest BCUT2D eigenvalue weighted by molar-refractivity contribution is -0.337. The number of carbonyl (C=O) groups is 2. The molecule has 2 aliphatic heterocycles. The number of hydrogen-bond donors (Lipinski definition) is 8. The van der Waals surface area contributed by atoms with E-state index in [0.29, 0.717) is 0 Å². The number of carboxylic acid groups (broad SMARTS) is 1. The average Bonchev–Trinajstić information content (AvgIpc) is 2.60. The largest absolute Gasteiger partial charge is 0.479 e. The molecule has 0 radical (unpaired) electrons. The standard InChI is InChI=1S/C14H23NO12/c1-3(17)15-5-7(19)6(18)4(2-16)25-14(5)27-10-8(20)11(12(22)23)26-13(24)9(10)21/h4-11,13-14,16,18-21,24H,2H2,1H3,(H,15,17)(H,22,23)/t4-,5+,6+,7-,8+,9-,10+,11+,13-,14+/m1/s1. The van der Waals surface area contributed by atoms with Gasteiger partial charge < -0.3 is 55.3 Å². The van der Waals surface area contributed by atoms with E-state index in [1.807, 2.05) is 0 Å². The molecule has 156 valence electrons. The van der Waals surface area contributed by atoms with Crippen LogP contribution in [-0.4, -0.2) is 116 Å². The van der Waals surface area contributed by atoms with Crippen LogP contribution >= 0.6 is 0 Å². The SMILES string of the molecule is CC(=O)N[C@@H]1[C@H](O[C@@H]2[C@@H](O)[C@H](O)O[C@H](C(=O)O)[C@H]2O)O[C@H](CO)[C@H](O)[C@@H]1O. The Labute approximate surface area is 152 Å². The number of rotatable bonds is 5. The number of aliphatic carboxylic acids is 1. The van der Waals surface area contributed by atoms with E-state index in [0.717, 1.165) is 6.92 Å². The highest BCUT2D eigenvalue weighted by atomic mass is 16.7. The van der Waals surface area contributed by atoms with Crippen molar-refractivity contribution in [2.75, 3.05) is 6.61 Å². The summed E-state index contributed by atoms with van der Waals surface area (Å²) in [5, 5.41) is 70.4. The highest BCUT2D eigenvalue weighted by molar-refractivity contribution is 5.73. The summed E-state index contributed by atoms with van der Waals surface area (Å²) in [7, 11) is 0. The highest BCUT2D eigenvalue weighted by Gasteiger charge is 2.52. The molecule has 2 fully saturated rings. The van der Waals surface area contributed by atoms with E-state index in [1.54, 1.807) is 0 Å². The third kappa shape index (κ3) is 4.53. The third-order valence-corrected chi connectivity index (χ3v) is 4.35. The topological polar surface area (TPSA) is 215 Å². The molecule has 0 bridgehead atoms. The van der Waals surface area contributed by atoms with Crippen LogP contribution in [0.2, 0.25) is 0 Å². The van der Waals surface area contributed by atoms with Gasteiger partial charge in [0.05, 0.1) is 6.61 Å².